The Hall–Kier alpha value is -2.11. The van der Waals surface area contributed by atoms with E-state index in [1.165, 1.54) is 0 Å². The summed E-state index contributed by atoms with van der Waals surface area (Å²) in [5, 5.41) is 10.5. The highest BCUT2D eigenvalue weighted by Crippen LogP contribution is 2.27. The summed E-state index contributed by atoms with van der Waals surface area (Å²) in [6, 6.07) is 15.2. The molecule has 0 radical (unpaired) electrons. The van der Waals surface area contributed by atoms with Crippen LogP contribution in [0, 0.1) is 5.92 Å². The summed E-state index contributed by atoms with van der Waals surface area (Å²) < 4.78 is 8.78. The van der Waals surface area contributed by atoms with Crippen molar-refractivity contribution >= 4 is 15.9 Å². The predicted molar refractivity (Wildman–Crippen MR) is 97.0 cm³/mol. The number of hydrogen-bond acceptors (Lipinski definition) is 3. The number of nitrogens with zero attached hydrogens (tertiary/aromatic N) is 2. The molecule has 0 spiro atoms. The lowest BCUT2D eigenvalue weighted by Gasteiger charge is -2.20. The predicted octanol–water partition coefficient (Wildman–Crippen LogP) is 4.81. The highest BCUT2D eigenvalue weighted by Gasteiger charge is 2.17. The van der Waals surface area contributed by atoms with E-state index in [1.807, 2.05) is 66.2 Å². The van der Waals surface area contributed by atoms with Gasteiger partial charge in [-0.3, -0.25) is 0 Å². The van der Waals surface area contributed by atoms with E-state index in [0.29, 0.717) is 0 Å². The second-order valence-corrected chi connectivity index (χ2v) is 6.72. The van der Waals surface area contributed by atoms with Crippen LogP contribution in [0.5, 0.6) is 11.5 Å². The van der Waals surface area contributed by atoms with Crippen LogP contribution in [0.1, 0.15) is 18.6 Å². The molecule has 1 N–H and O–H groups in total. The van der Waals surface area contributed by atoms with Crippen molar-refractivity contribution in [3.05, 3.63) is 77.3 Å². The molecule has 0 bridgehead atoms. The Labute approximate surface area is 149 Å². The molecule has 2 aromatic carbocycles. The van der Waals surface area contributed by atoms with Crippen LogP contribution in [0.25, 0.3) is 0 Å². The first-order valence-electron chi connectivity index (χ1n) is 7.79. The van der Waals surface area contributed by atoms with Gasteiger partial charge in [0.15, 0.2) is 0 Å². The van der Waals surface area contributed by atoms with Gasteiger partial charge in [-0.2, -0.15) is 0 Å². The molecule has 0 amide bonds. The molecule has 3 rings (SSSR count). The SMILES string of the molecule is CC(Cn1ccnc1)C(O)c1ccc(Oc2ccc(Br)cc2)cc1. The summed E-state index contributed by atoms with van der Waals surface area (Å²) in [5.74, 6) is 1.60. The number of aromatic nitrogens is 2. The van der Waals surface area contributed by atoms with Crippen LogP contribution in [0.2, 0.25) is 0 Å². The van der Waals surface area contributed by atoms with Gasteiger partial charge in [-0.25, -0.2) is 4.98 Å². The summed E-state index contributed by atoms with van der Waals surface area (Å²) in [6.45, 7) is 2.75. The smallest absolute Gasteiger partial charge is 0.127 e. The number of halogens is 1. The number of rotatable bonds is 6. The molecule has 2 unspecified atom stereocenters. The Balaban J connectivity index is 1.63. The van der Waals surface area contributed by atoms with Crippen LogP contribution in [0.15, 0.2) is 71.7 Å². The zero-order valence-electron chi connectivity index (χ0n) is 13.3. The van der Waals surface area contributed by atoms with Crippen molar-refractivity contribution in [1.29, 1.82) is 0 Å². The van der Waals surface area contributed by atoms with Gasteiger partial charge in [0.2, 0.25) is 0 Å². The monoisotopic (exact) mass is 386 g/mol. The molecule has 0 saturated carbocycles. The average molecular weight is 387 g/mol. The maximum atomic E-state index is 10.5. The van der Waals surface area contributed by atoms with Crippen molar-refractivity contribution in [2.45, 2.75) is 19.6 Å². The van der Waals surface area contributed by atoms with E-state index in [-0.39, 0.29) is 5.92 Å². The van der Waals surface area contributed by atoms with E-state index in [4.69, 9.17) is 4.74 Å². The maximum Gasteiger partial charge on any atom is 0.127 e. The molecule has 0 aliphatic carbocycles. The molecule has 24 heavy (non-hydrogen) atoms. The maximum absolute atomic E-state index is 10.5. The van der Waals surface area contributed by atoms with Gasteiger partial charge in [0.1, 0.15) is 11.5 Å². The van der Waals surface area contributed by atoms with Gasteiger partial charge in [0.05, 0.1) is 12.4 Å². The molecule has 0 saturated heterocycles. The quantitative estimate of drug-likeness (QED) is 0.661. The minimum atomic E-state index is -0.533. The normalized spacial score (nSPS) is 13.5. The fourth-order valence-corrected chi connectivity index (χ4v) is 2.79. The third-order valence-electron chi connectivity index (χ3n) is 3.87. The molecule has 2 atom stereocenters. The number of aliphatic hydroxyl groups excluding tert-OH is 1. The van der Waals surface area contributed by atoms with Gasteiger partial charge < -0.3 is 14.4 Å². The number of hydrogen-bond donors (Lipinski definition) is 1. The van der Waals surface area contributed by atoms with Crippen LogP contribution in [-0.2, 0) is 6.54 Å². The van der Waals surface area contributed by atoms with Crippen molar-refractivity contribution in [2.24, 2.45) is 5.92 Å². The van der Waals surface area contributed by atoms with Gasteiger partial charge >= 0.3 is 0 Å². The van der Waals surface area contributed by atoms with E-state index in [9.17, 15) is 5.11 Å². The number of benzene rings is 2. The highest BCUT2D eigenvalue weighted by molar-refractivity contribution is 9.10. The van der Waals surface area contributed by atoms with Crippen LogP contribution in [-0.4, -0.2) is 14.7 Å². The Bertz CT molecular complexity index is 755. The third-order valence-corrected chi connectivity index (χ3v) is 4.40. The first-order valence-corrected chi connectivity index (χ1v) is 8.58. The van der Waals surface area contributed by atoms with Crippen molar-refractivity contribution in [1.82, 2.24) is 9.55 Å². The molecule has 1 aromatic heterocycles. The molecule has 3 aromatic rings. The van der Waals surface area contributed by atoms with Crippen LogP contribution in [0.3, 0.4) is 0 Å². The molecule has 0 aliphatic heterocycles. The van der Waals surface area contributed by atoms with Crippen molar-refractivity contribution < 1.29 is 9.84 Å². The van der Waals surface area contributed by atoms with E-state index < -0.39 is 6.10 Å². The minimum absolute atomic E-state index is 0.0810. The van der Waals surface area contributed by atoms with Crippen LogP contribution < -0.4 is 4.74 Å². The standard InChI is InChI=1S/C19H19BrN2O2/c1-14(12-22-11-10-21-13-22)19(23)15-2-6-17(7-3-15)24-18-8-4-16(20)5-9-18/h2-11,13-14,19,23H,12H2,1H3. The van der Waals surface area contributed by atoms with Gasteiger partial charge in [-0.15, -0.1) is 0 Å². The Morgan fingerprint density at radius 1 is 1.08 bits per heavy atom. The number of aliphatic hydroxyl groups is 1. The Kier molecular flexibility index (Phi) is 5.33. The first-order chi connectivity index (χ1) is 11.6. The van der Waals surface area contributed by atoms with Gasteiger partial charge in [0.25, 0.3) is 0 Å². The Morgan fingerprint density at radius 3 is 2.29 bits per heavy atom. The molecule has 5 heteroatoms. The first kappa shape index (κ1) is 16.7. The van der Waals surface area contributed by atoms with Gasteiger partial charge in [-0.05, 0) is 42.0 Å². The summed E-state index contributed by atoms with van der Waals surface area (Å²) in [6.07, 6.45) is 4.87. The molecule has 0 aliphatic rings. The molecule has 4 nitrogen and oxygen atoms in total. The zero-order chi connectivity index (χ0) is 16.9. The molecular formula is C19H19BrN2O2. The lowest BCUT2D eigenvalue weighted by atomic mass is 9.97. The fraction of sp³-hybridized carbons (Fsp3) is 0.211. The van der Waals surface area contributed by atoms with Gasteiger partial charge in [-0.1, -0.05) is 35.0 Å². The Morgan fingerprint density at radius 2 is 1.71 bits per heavy atom. The average Bonchev–Trinajstić information content (AvgIpc) is 3.10. The molecule has 0 fully saturated rings. The van der Waals surface area contributed by atoms with E-state index >= 15 is 0 Å². The van der Waals surface area contributed by atoms with E-state index in [1.54, 1.807) is 12.5 Å². The number of ether oxygens (including phenoxy) is 1. The summed E-state index contributed by atoms with van der Waals surface area (Å²) >= 11 is 3.40. The second-order valence-electron chi connectivity index (χ2n) is 5.81. The topological polar surface area (TPSA) is 47.3 Å². The summed E-state index contributed by atoms with van der Waals surface area (Å²) in [5.41, 5.74) is 0.880. The highest BCUT2D eigenvalue weighted by atomic mass is 79.9. The fourth-order valence-electron chi connectivity index (χ4n) is 2.53. The minimum Gasteiger partial charge on any atom is -0.457 e. The van der Waals surface area contributed by atoms with E-state index in [2.05, 4.69) is 20.9 Å². The number of imidazole rings is 1. The van der Waals surface area contributed by atoms with E-state index in [0.717, 1.165) is 28.1 Å². The molecule has 124 valence electrons. The molecular weight excluding hydrogens is 368 g/mol. The largest absolute Gasteiger partial charge is 0.457 e. The lowest BCUT2D eigenvalue weighted by Crippen LogP contribution is -2.15. The van der Waals surface area contributed by atoms with Crippen molar-refractivity contribution in [3.63, 3.8) is 0 Å². The van der Waals surface area contributed by atoms with Crippen LogP contribution in [0.4, 0.5) is 0 Å². The molecule has 1 heterocycles. The summed E-state index contributed by atoms with van der Waals surface area (Å²) in [7, 11) is 0. The van der Waals surface area contributed by atoms with Crippen molar-refractivity contribution in [2.75, 3.05) is 0 Å². The van der Waals surface area contributed by atoms with Crippen LogP contribution >= 0.6 is 15.9 Å². The van der Waals surface area contributed by atoms with Crippen molar-refractivity contribution in [3.8, 4) is 11.5 Å². The second kappa shape index (κ2) is 7.64. The third kappa shape index (κ3) is 4.24. The zero-order valence-corrected chi connectivity index (χ0v) is 14.9. The summed E-state index contributed by atoms with van der Waals surface area (Å²) in [4.78, 5) is 4.03. The van der Waals surface area contributed by atoms with Gasteiger partial charge in [0, 0.05) is 29.3 Å². The lowest BCUT2D eigenvalue weighted by molar-refractivity contribution is 0.107.